The maximum Gasteiger partial charge on any atom is 0.249 e. The van der Waals surface area contributed by atoms with E-state index in [1.807, 2.05) is 55.5 Å². The Balaban J connectivity index is 1.55. The van der Waals surface area contributed by atoms with Crippen LogP contribution in [0, 0.1) is 6.92 Å². The summed E-state index contributed by atoms with van der Waals surface area (Å²) in [6.07, 6.45) is 4.77. The molecule has 36 heavy (non-hydrogen) atoms. The van der Waals surface area contributed by atoms with Gasteiger partial charge in [0.2, 0.25) is 11.8 Å². The molecule has 0 spiro atoms. The van der Waals surface area contributed by atoms with Gasteiger partial charge in [0, 0.05) is 23.6 Å². The average molecular weight is 481 g/mol. The first kappa shape index (κ1) is 23.0. The topological polar surface area (TPSA) is 106 Å². The molecule has 2 aromatic carbocycles. The highest BCUT2D eigenvalue weighted by molar-refractivity contribution is 6.02. The molecule has 3 heterocycles. The van der Waals surface area contributed by atoms with Crippen LogP contribution in [0.5, 0.6) is 0 Å². The Kier molecular flexibility index (Phi) is 6.53. The van der Waals surface area contributed by atoms with Gasteiger partial charge in [-0.2, -0.15) is 0 Å². The summed E-state index contributed by atoms with van der Waals surface area (Å²) in [5.41, 5.74) is 3.47. The number of aromatic nitrogens is 4. The van der Waals surface area contributed by atoms with Gasteiger partial charge in [-0.3, -0.25) is 19.5 Å². The number of furan rings is 1. The molecule has 180 valence electrons. The Morgan fingerprint density at radius 1 is 1.03 bits per heavy atom. The number of hydrogen-bond acceptors (Lipinski definition) is 6. The van der Waals surface area contributed by atoms with E-state index in [9.17, 15) is 9.59 Å². The lowest BCUT2D eigenvalue weighted by Crippen LogP contribution is -2.45. The summed E-state index contributed by atoms with van der Waals surface area (Å²) < 4.78 is 6.91. The number of pyridine rings is 1. The number of benzene rings is 2. The molecule has 0 fully saturated rings. The van der Waals surface area contributed by atoms with E-state index in [2.05, 4.69) is 20.6 Å². The van der Waals surface area contributed by atoms with Crippen LogP contribution >= 0.6 is 0 Å². The van der Waals surface area contributed by atoms with Crippen molar-refractivity contribution in [3.63, 3.8) is 0 Å². The first-order valence-corrected chi connectivity index (χ1v) is 11.5. The van der Waals surface area contributed by atoms with Crippen molar-refractivity contribution >= 4 is 28.5 Å². The van der Waals surface area contributed by atoms with Crippen LogP contribution in [0.25, 0.3) is 11.0 Å². The smallest absolute Gasteiger partial charge is 0.249 e. The quantitative estimate of drug-likeness (QED) is 0.362. The maximum atomic E-state index is 14.0. The number of carbonyl (C=O) groups excluding carboxylic acids is 2. The van der Waals surface area contributed by atoms with Crippen LogP contribution in [0.15, 0.2) is 95.9 Å². The fraction of sp³-hybridized carbons (Fsp3) is 0.148. The van der Waals surface area contributed by atoms with Crippen molar-refractivity contribution in [1.82, 2.24) is 25.3 Å². The van der Waals surface area contributed by atoms with Crippen molar-refractivity contribution in [3.8, 4) is 0 Å². The molecule has 0 radical (unpaired) electrons. The van der Waals surface area contributed by atoms with E-state index < -0.39 is 6.04 Å². The summed E-state index contributed by atoms with van der Waals surface area (Å²) >= 11 is 0. The van der Waals surface area contributed by atoms with Gasteiger partial charge in [-0.05, 0) is 48.9 Å². The molecule has 9 heteroatoms. The molecule has 5 rings (SSSR count). The zero-order chi connectivity index (χ0) is 24.9. The molecular formula is C27H24N6O3. The fourth-order valence-electron chi connectivity index (χ4n) is 4.13. The van der Waals surface area contributed by atoms with Crippen LogP contribution in [0.1, 0.15) is 22.9 Å². The monoisotopic (exact) mass is 480 g/mol. The van der Waals surface area contributed by atoms with Crippen molar-refractivity contribution in [1.29, 1.82) is 0 Å². The molecule has 9 nitrogen and oxygen atoms in total. The second kappa shape index (κ2) is 10.2. The molecule has 3 aromatic heterocycles. The van der Waals surface area contributed by atoms with E-state index >= 15 is 0 Å². The van der Waals surface area contributed by atoms with Crippen LogP contribution in [0.4, 0.5) is 5.69 Å². The normalized spacial score (nSPS) is 11.8. The number of nitrogens with one attached hydrogen (secondary N) is 1. The largest absolute Gasteiger partial charge is 0.467 e. The highest BCUT2D eigenvalue weighted by atomic mass is 16.3. The average Bonchev–Trinajstić information content (AvgIpc) is 3.57. The molecule has 0 aliphatic rings. The summed E-state index contributed by atoms with van der Waals surface area (Å²) in [6, 6.07) is 21.0. The number of para-hydroxylation sites is 2. The van der Waals surface area contributed by atoms with E-state index in [1.54, 1.807) is 47.6 Å². The molecule has 1 N–H and O–H groups in total. The number of hydrogen-bond donors (Lipinski definition) is 1. The fourth-order valence-corrected chi connectivity index (χ4v) is 4.13. The van der Waals surface area contributed by atoms with Gasteiger partial charge in [0.1, 0.15) is 23.9 Å². The van der Waals surface area contributed by atoms with Gasteiger partial charge in [0.25, 0.3) is 0 Å². The van der Waals surface area contributed by atoms with Crippen molar-refractivity contribution in [2.45, 2.75) is 26.1 Å². The van der Waals surface area contributed by atoms with Crippen LogP contribution in [0.3, 0.4) is 0 Å². The molecule has 0 saturated heterocycles. The Labute approximate surface area is 207 Å². The van der Waals surface area contributed by atoms with Crippen LogP contribution < -0.4 is 10.2 Å². The SMILES string of the molecule is Cc1ccccc1N(C(=O)Cn1nnc2ccccc21)[C@H](C(=O)NCc1ccco1)c1cccnc1. The second-order valence-corrected chi connectivity index (χ2v) is 8.27. The van der Waals surface area contributed by atoms with Crippen molar-refractivity contribution < 1.29 is 14.0 Å². The lowest BCUT2D eigenvalue weighted by Gasteiger charge is -2.32. The van der Waals surface area contributed by atoms with Gasteiger partial charge < -0.3 is 9.73 Å². The molecule has 5 aromatic rings. The van der Waals surface area contributed by atoms with Crippen molar-refractivity contribution in [3.05, 3.63) is 108 Å². The van der Waals surface area contributed by atoms with Crippen molar-refractivity contribution in [2.75, 3.05) is 4.90 Å². The number of fused-ring (bicyclic) bond motifs is 1. The third kappa shape index (κ3) is 4.72. The molecule has 2 amide bonds. The number of aryl methyl sites for hydroxylation is 1. The minimum atomic E-state index is -0.975. The molecule has 1 atom stereocenters. The number of anilines is 1. The van der Waals surface area contributed by atoms with Gasteiger partial charge >= 0.3 is 0 Å². The molecule has 0 bridgehead atoms. The predicted octanol–water partition coefficient (Wildman–Crippen LogP) is 3.82. The third-order valence-corrected chi connectivity index (χ3v) is 5.87. The predicted molar refractivity (Wildman–Crippen MR) is 134 cm³/mol. The molecule has 0 aliphatic heterocycles. The molecule has 0 aliphatic carbocycles. The van der Waals surface area contributed by atoms with Gasteiger partial charge in [0.15, 0.2) is 0 Å². The number of amides is 2. The van der Waals surface area contributed by atoms with Crippen LogP contribution in [0.2, 0.25) is 0 Å². The molecular weight excluding hydrogens is 456 g/mol. The lowest BCUT2D eigenvalue weighted by atomic mass is 10.0. The Hall–Kier alpha value is -4.79. The first-order valence-electron chi connectivity index (χ1n) is 11.5. The van der Waals surface area contributed by atoms with Gasteiger partial charge in [-0.25, -0.2) is 4.68 Å². The minimum Gasteiger partial charge on any atom is -0.467 e. The second-order valence-electron chi connectivity index (χ2n) is 8.27. The molecule has 0 saturated carbocycles. The maximum absolute atomic E-state index is 14.0. The van der Waals surface area contributed by atoms with E-state index in [0.717, 1.165) is 11.1 Å². The van der Waals surface area contributed by atoms with E-state index in [1.165, 1.54) is 4.90 Å². The van der Waals surface area contributed by atoms with Gasteiger partial charge in [-0.1, -0.05) is 41.6 Å². The third-order valence-electron chi connectivity index (χ3n) is 5.87. The summed E-state index contributed by atoms with van der Waals surface area (Å²) in [4.78, 5) is 33.4. The van der Waals surface area contributed by atoms with Crippen LogP contribution in [-0.4, -0.2) is 31.8 Å². The molecule has 0 unspecified atom stereocenters. The standard InChI is InChI=1S/C27H24N6O3/c1-19-8-2-4-12-23(19)33(25(34)18-32-24-13-5-3-11-22(24)30-31-32)26(20-9-6-14-28-16-20)27(35)29-17-21-10-7-15-36-21/h2-16,26H,17-18H2,1H3,(H,29,35)/t26-/m0/s1. The highest BCUT2D eigenvalue weighted by Crippen LogP contribution is 2.31. The summed E-state index contributed by atoms with van der Waals surface area (Å²) in [5, 5.41) is 11.2. The first-order chi connectivity index (χ1) is 17.6. The zero-order valence-electron chi connectivity index (χ0n) is 19.6. The van der Waals surface area contributed by atoms with Crippen LogP contribution in [-0.2, 0) is 22.7 Å². The highest BCUT2D eigenvalue weighted by Gasteiger charge is 2.34. The summed E-state index contributed by atoms with van der Waals surface area (Å²) in [5.74, 6) is -0.0717. The Morgan fingerprint density at radius 3 is 2.64 bits per heavy atom. The van der Waals surface area contributed by atoms with E-state index in [0.29, 0.717) is 22.5 Å². The Bertz CT molecular complexity index is 1480. The summed E-state index contributed by atoms with van der Waals surface area (Å²) in [7, 11) is 0. The van der Waals surface area contributed by atoms with Gasteiger partial charge in [0.05, 0.1) is 18.3 Å². The lowest BCUT2D eigenvalue weighted by molar-refractivity contribution is -0.127. The van der Waals surface area contributed by atoms with E-state index in [-0.39, 0.29) is 24.9 Å². The Morgan fingerprint density at radius 2 is 1.86 bits per heavy atom. The summed E-state index contributed by atoms with van der Waals surface area (Å²) in [6.45, 7) is 1.99. The minimum absolute atomic E-state index is 0.100. The number of nitrogens with zero attached hydrogens (tertiary/aromatic N) is 5. The zero-order valence-corrected chi connectivity index (χ0v) is 19.6. The number of carbonyl (C=O) groups is 2. The number of rotatable bonds is 8. The van der Waals surface area contributed by atoms with Gasteiger partial charge in [-0.15, -0.1) is 5.10 Å². The van der Waals surface area contributed by atoms with Crippen molar-refractivity contribution in [2.24, 2.45) is 0 Å². The van der Waals surface area contributed by atoms with E-state index in [4.69, 9.17) is 4.42 Å².